The largest absolute Gasteiger partial charge is 1.00 e. The van der Waals surface area contributed by atoms with E-state index in [1.807, 2.05) is 13.0 Å². The van der Waals surface area contributed by atoms with Crippen LogP contribution in [0, 0.1) is 0 Å². The fourth-order valence-corrected chi connectivity index (χ4v) is 0.898. The molecule has 0 spiro atoms. The maximum atomic E-state index is 5.23. The highest BCUT2D eigenvalue weighted by molar-refractivity contribution is 4.64. The maximum Gasteiger partial charge on any atom is 0.0926 e. The van der Waals surface area contributed by atoms with Crippen LogP contribution in [0.1, 0.15) is 20.3 Å². The smallest absolute Gasteiger partial charge is 0.0926 e. The molecule has 0 saturated heterocycles. The predicted octanol–water partition coefficient (Wildman–Crippen LogP) is -0.973. The number of allylic oxidation sites excluding steroid dienone is 1. The molecular formula is C10H22BrNO. The van der Waals surface area contributed by atoms with Crippen molar-refractivity contribution in [3.05, 3.63) is 12.3 Å². The van der Waals surface area contributed by atoms with E-state index < -0.39 is 0 Å². The van der Waals surface area contributed by atoms with Gasteiger partial charge in [-0.15, -0.1) is 0 Å². The molecule has 0 radical (unpaired) electrons. The lowest BCUT2D eigenvalue weighted by atomic mass is 10.3. The third kappa shape index (κ3) is 9.90. The molecule has 0 unspecified atom stereocenters. The zero-order valence-corrected chi connectivity index (χ0v) is 10.8. The number of rotatable bonds is 6. The molecule has 0 aromatic carbocycles. The van der Waals surface area contributed by atoms with Gasteiger partial charge in [0.2, 0.25) is 0 Å². The third-order valence-electron chi connectivity index (χ3n) is 2.11. The summed E-state index contributed by atoms with van der Waals surface area (Å²) in [5, 5.41) is 0. The second-order valence-corrected chi connectivity index (χ2v) is 3.67. The van der Waals surface area contributed by atoms with E-state index in [1.54, 1.807) is 6.26 Å². The SMILES string of the molecule is CC=COCCC[N+](C)(C)CC.[Br-]. The normalized spacial score (nSPS) is 11.4. The lowest BCUT2D eigenvalue weighted by Crippen LogP contribution is -3.00. The molecule has 3 heteroatoms. The van der Waals surface area contributed by atoms with Crippen LogP contribution >= 0.6 is 0 Å². The lowest BCUT2D eigenvalue weighted by molar-refractivity contribution is -0.888. The Hall–Kier alpha value is -0.0200. The molecule has 0 aromatic rings. The minimum Gasteiger partial charge on any atom is -1.00 e. The summed E-state index contributed by atoms with van der Waals surface area (Å²) in [4.78, 5) is 0. The molecular weight excluding hydrogens is 230 g/mol. The Morgan fingerprint density at radius 2 is 1.92 bits per heavy atom. The van der Waals surface area contributed by atoms with Crippen LogP contribution in [0.5, 0.6) is 0 Å². The van der Waals surface area contributed by atoms with Crippen molar-refractivity contribution in [3.8, 4) is 0 Å². The molecule has 0 rings (SSSR count). The molecule has 0 bridgehead atoms. The minimum atomic E-state index is 0. The van der Waals surface area contributed by atoms with Gasteiger partial charge < -0.3 is 26.2 Å². The van der Waals surface area contributed by atoms with Crippen molar-refractivity contribution in [3.63, 3.8) is 0 Å². The summed E-state index contributed by atoms with van der Waals surface area (Å²) in [6.07, 6.45) is 4.80. The fourth-order valence-electron chi connectivity index (χ4n) is 0.898. The van der Waals surface area contributed by atoms with Crippen molar-refractivity contribution >= 4 is 0 Å². The Morgan fingerprint density at radius 3 is 2.38 bits per heavy atom. The quantitative estimate of drug-likeness (QED) is 0.336. The van der Waals surface area contributed by atoms with E-state index >= 15 is 0 Å². The highest BCUT2D eigenvalue weighted by atomic mass is 79.9. The molecule has 0 aliphatic rings. The summed E-state index contributed by atoms with van der Waals surface area (Å²) < 4.78 is 6.31. The Morgan fingerprint density at radius 1 is 1.31 bits per heavy atom. The van der Waals surface area contributed by atoms with Gasteiger partial charge in [-0.2, -0.15) is 0 Å². The first-order valence-electron chi connectivity index (χ1n) is 4.67. The zero-order valence-electron chi connectivity index (χ0n) is 9.22. The van der Waals surface area contributed by atoms with E-state index in [1.165, 1.54) is 13.1 Å². The summed E-state index contributed by atoms with van der Waals surface area (Å²) in [5.41, 5.74) is 0. The Bertz CT molecular complexity index is 135. The first-order valence-corrected chi connectivity index (χ1v) is 4.67. The van der Waals surface area contributed by atoms with Crippen LogP contribution in [-0.4, -0.2) is 38.3 Å². The monoisotopic (exact) mass is 251 g/mol. The van der Waals surface area contributed by atoms with Gasteiger partial charge in [-0.25, -0.2) is 0 Å². The van der Waals surface area contributed by atoms with E-state index in [0.29, 0.717) is 0 Å². The molecule has 0 atom stereocenters. The van der Waals surface area contributed by atoms with E-state index in [2.05, 4.69) is 21.0 Å². The second-order valence-electron chi connectivity index (χ2n) is 3.67. The van der Waals surface area contributed by atoms with Gasteiger partial charge in [0.1, 0.15) is 0 Å². The van der Waals surface area contributed by atoms with Crippen LogP contribution in [0.3, 0.4) is 0 Å². The van der Waals surface area contributed by atoms with Crippen molar-refractivity contribution in [2.45, 2.75) is 20.3 Å². The van der Waals surface area contributed by atoms with Crippen molar-refractivity contribution in [1.82, 2.24) is 0 Å². The van der Waals surface area contributed by atoms with Crippen LogP contribution in [0.15, 0.2) is 12.3 Å². The summed E-state index contributed by atoms with van der Waals surface area (Å²) in [5.74, 6) is 0. The second kappa shape index (κ2) is 8.57. The van der Waals surface area contributed by atoms with Gasteiger partial charge in [0.25, 0.3) is 0 Å². The van der Waals surface area contributed by atoms with Gasteiger partial charge in [-0.05, 0) is 13.8 Å². The standard InChI is InChI=1S/C10H22NO.BrH/c1-5-9-12-10-7-8-11(3,4)6-2;/h5,9H,6-8,10H2,1-4H3;1H/q+1;/p-1. The number of nitrogens with zero attached hydrogens (tertiary/aromatic N) is 1. The average Bonchev–Trinajstić information content (AvgIpc) is 2.04. The van der Waals surface area contributed by atoms with Crippen molar-refractivity contribution in [2.24, 2.45) is 0 Å². The van der Waals surface area contributed by atoms with E-state index in [4.69, 9.17) is 4.74 Å². The van der Waals surface area contributed by atoms with E-state index in [-0.39, 0.29) is 17.0 Å². The van der Waals surface area contributed by atoms with Crippen molar-refractivity contribution in [1.29, 1.82) is 0 Å². The molecule has 0 heterocycles. The number of hydrogen-bond donors (Lipinski definition) is 0. The van der Waals surface area contributed by atoms with Crippen LogP contribution in [0.2, 0.25) is 0 Å². The van der Waals surface area contributed by atoms with Crippen LogP contribution in [-0.2, 0) is 4.74 Å². The lowest BCUT2D eigenvalue weighted by Gasteiger charge is -2.27. The maximum absolute atomic E-state index is 5.23. The third-order valence-corrected chi connectivity index (χ3v) is 2.11. The number of halogens is 1. The Kier molecular flexibility index (Phi) is 10.2. The molecule has 0 aliphatic carbocycles. The topological polar surface area (TPSA) is 9.23 Å². The van der Waals surface area contributed by atoms with Crippen molar-refractivity contribution < 1.29 is 26.2 Å². The number of quaternary nitrogens is 1. The van der Waals surface area contributed by atoms with Crippen LogP contribution in [0.25, 0.3) is 0 Å². The Balaban J connectivity index is 0. The van der Waals surface area contributed by atoms with Gasteiger partial charge >= 0.3 is 0 Å². The number of hydrogen-bond acceptors (Lipinski definition) is 1. The molecule has 0 saturated carbocycles. The highest BCUT2D eigenvalue weighted by Crippen LogP contribution is 1.98. The van der Waals surface area contributed by atoms with E-state index in [9.17, 15) is 0 Å². The van der Waals surface area contributed by atoms with E-state index in [0.717, 1.165) is 17.5 Å². The fraction of sp³-hybridized carbons (Fsp3) is 0.800. The molecule has 2 nitrogen and oxygen atoms in total. The summed E-state index contributed by atoms with van der Waals surface area (Å²) >= 11 is 0. The molecule has 0 aliphatic heterocycles. The van der Waals surface area contributed by atoms with Crippen molar-refractivity contribution in [2.75, 3.05) is 33.8 Å². The molecule has 13 heavy (non-hydrogen) atoms. The minimum absolute atomic E-state index is 0. The van der Waals surface area contributed by atoms with Gasteiger partial charge in [-0.3, -0.25) is 0 Å². The average molecular weight is 252 g/mol. The van der Waals surface area contributed by atoms with Gasteiger partial charge in [0.15, 0.2) is 0 Å². The zero-order chi connectivity index (χ0) is 9.45. The van der Waals surface area contributed by atoms with Crippen LogP contribution < -0.4 is 17.0 Å². The van der Waals surface area contributed by atoms with Gasteiger partial charge in [0.05, 0.1) is 40.1 Å². The molecule has 0 N–H and O–H groups in total. The van der Waals surface area contributed by atoms with Gasteiger partial charge in [-0.1, -0.05) is 6.08 Å². The first-order chi connectivity index (χ1) is 5.62. The Labute approximate surface area is 92.9 Å². The molecule has 80 valence electrons. The molecule has 0 fully saturated rings. The molecule has 0 amide bonds. The summed E-state index contributed by atoms with van der Waals surface area (Å²) in [6.45, 7) is 7.39. The van der Waals surface area contributed by atoms with Crippen LogP contribution in [0.4, 0.5) is 0 Å². The summed E-state index contributed by atoms with van der Waals surface area (Å²) in [7, 11) is 4.49. The highest BCUT2D eigenvalue weighted by Gasteiger charge is 2.09. The first kappa shape index (κ1) is 15.5. The number of ether oxygens (including phenoxy) is 1. The van der Waals surface area contributed by atoms with Gasteiger partial charge in [0, 0.05) is 6.42 Å². The molecule has 0 aromatic heterocycles. The summed E-state index contributed by atoms with van der Waals surface area (Å²) in [6, 6.07) is 0. The predicted molar refractivity (Wildman–Crippen MR) is 52.9 cm³/mol.